The second-order valence-electron chi connectivity index (χ2n) is 5.84. The molecule has 0 aromatic heterocycles. The highest BCUT2D eigenvalue weighted by molar-refractivity contribution is 6.42. The van der Waals surface area contributed by atoms with Gasteiger partial charge in [0, 0.05) is 19.1 Å². The zero-order valence-electron chi connectivity index (χ0n) is 12.4. The molecule has 0 aliphatic carbocycles. The first kappa shape index (κ1) is 16.1. The second kappa shape index (κ2) is 7.65. The monoisotopic (exact) mass is 314 g/mol. The van der Waals surface area contributed by atoms with Crippen molar-refractivity contribution in [1.82, 2.24) is 9.80 Å². The molecular weight excluding hydrogens is 291 g/mol. The van der Waals surface area contributed by atoms with Crippen LogP contribution in [0, 0.1) is 0 Å². The summed E-state index contributed by atoms with van der Waals surface area (Å²) >= 11 is 12.0. The van der Waals surface area contributed by atoms with Crippen LogP contribution in [0.4, 0.5) is 0 Å². The lowest BCUT2D eigenvalue weighted by Gasteiger charge is -2.28. The van der Waals surface area contributed by atoms with Crippen LogP contribution in [0.15, 0.2) is 18.2 Å². The number of benzene rings is 1. The highest BCUT2D eigenvalue weighted by atomic mass is 35.5. The first-order valence-corrected chi connectivity index (χ1v) is 8.18. The predicted octanol–water partition coefficient (Wildman–Crippen LogP) is 3.95. The van der Waals surface area contributed by atoms with Gasteiger partial charge in [-0.25, -0.2) is 0 Å². The zero-order chi connectivity index (χ0) is 14.5. The molecule has 1 aromatic rings. The molecule has 1 aliphatic heterocycles. The molecule has 1 aromatic carbocycles. The molecule has 4 heteroatoms. The molecule has 1 saturated heterocycles. The van der Waals surface area contributed by atoms with E-state index < -0.39 is 0 Å². The number of rotatable bonds is 6. The van der Waals surface area contributed by atoms with Gasteiger partial charge in [-0.15, -0.1) is 0 Å². The SMILES string of the molecule is C[C@H](CN1CCCC1)N(C)CCc1ccc(Cl)c(Cl)c1. The summed E-state index contributed by atoms with van der Waals surface area (Å²) in [5.41, 5.74) is 1.25. The van der Waals surface area contributed by atoms with E-state index in [1.807, 2.05) is 12.1 Å². The molecule has 2 rings (SSSR count). The zero-order valence-corrected chi connectivity index (χ0v) is 13.9. The van der Waals surface area contributed by atoms with Gasteiger partial charge in [0.2, 0.25) is 0 Å². The van der Waals surface area contributed by atoms with Gasteiger partial charge in [0.15, 0.2) is 0 Å². The molecule has 1 atom stereocenters. The largest absolute Gasteiger partial charge is 0.302 e. The van der Waals surface area contributed by atoms with Gasteiger partial charge >= 0.3 is 0 Å². The van der Waals surface area contributed by atoms with Gasteiger partial charge in [0.25, 0.3) is 0 Å². The molecule has 0 N–H and O–H groups in total. The van der Waals surface area contributed by atoms with Crippen LogP contribution in [-0.4, -0.2) is 49.1 Å². The predicted molar refractivity (Wildman–Crippen MR) is 87.9 cm³/mol. The van der Waals surface area contributed by atoms with Gasteiger partial charge in [0.05, 0.1) is 10.0 Å². The summed E-state index contributed by atoms with van der Waals surface area (Å²) < 4.78 is 0. The van der Waals surface area contributed by atoms with Crippen molar-refractivity contribution in [3.8, 4) is 0 Å². The van der Waals surface area contributed by atoms with Crippen molar-refractivity contribution in [3.05, 3.63) is 33.8 Å². The molecular formula is C16H24Cl2N2. The minimum absolute atomic E-state index is 0.593. The van der Waals surface area contributed by atoms with E-state index in [1.165, 1.54) is 38.0 Å². The van der Waals surface area contributed by atoms with Gasteiger partial charge in [0.1, 0.15) is 0 Å². The summed E-state index contributed by atoms with van der Waals surface area (Å²) in [6.07, 6.45) is 3.73. The van der Waals surface area contributed by atoms with Crippen molar-refractivity contribution in [2.75, 3.05) is 33.2 Å². The summed E-state index contributed by atoms with van der Waals surface area (Å²) in [5, 5.41) is 1.28. The summed E-state index contributed by atoms with van der Waals surface area (Å²) in [7, 11) is 2.21. The Bertz CT molecular complexity index is 430. The Morgan fingerprint density at radius 2 is 1.90 bits per heavy atom. The lowest BCUT2D eigenvalue weighted by atomic mass is 10.1. The Morgan fingerprint density at radius 3 is 2.55 bits per heavy atom. The highest BCUT2D eigenvalue weighted by Gasteiger charge is 2.17. The van der Waals surface area contributed by atoms with E-state index in [2.05, 4.69) is 29.8 Å². The Kier molecular flexibility index (Phi) is 6.16. The lowest BCUT2D eigenvalue weighted by molar-refractivity contribution is 0.194. The van der Waals surface area contributed by atoms with Crippen LogP contribution in [0.3, 0.4) is 0 Å². The maximum Gasteiger partial charge on any atom is 0.0595 e. The number of likely N-dealkylation sites (tertiary alicyclic amines) is 1. The number of likely N-dealkylation sites (N-methyl/N-ethyl adjacent to an activating group) is 1. The van der Waals surface area contributed by atoms with Gasteiger partial charge in [-0.1, -0.05) is 29.3 Å². The molecule has 0 unspecified atom stereocenters. The minimum Gasteiger partial charge on any atom is -0.302 e. The van der Waals surface area contributed by atoms with E-state index in [1.54, 1.807) is 0 Å². The molecule has 2 nitrogen and oxygen atoms in total. The number of hydrogen-bond acceptors (Lipinski definition) is 2. The summed E-state index contributed by atoms with van der Waals surface area (Å²) in [6.45, 7) is 7.08. The van der Waals surface area contributed by atoms with Crippen LogP contribution in [0.5, 0.6) is 0 Å². The first-order chi connectivity index (χ1) is 9.56. The summed E-state index contributed by atoms with van der Waals surface area (Å²) in [4.78, 5) is 5.00. The van der Waals surface area contributed by atoms with Crippen molar-refractivity contribution in [1.29, 1.82) is 0 Å². The minimum atomic E-state index is 0.593. The van der Waals surface area contributed by atoms with Crippen molar-refractivity contribution >= 4 is 23.2 Å². The van der Waals surface area contributed by atoms with Crippen LogP contribution in [0.1, 0.15) is 25.3 Å². The summed E-state index contributed by atoms with van der Waals surface area (Å²) in [5.74, 6) is 0. The topological polar surface area (TPSA) is 6.48 Å². The van der Waals surface area contributed by atoms with Crippen molar-refractivity contribution < 1.29 is 0 Å². The fourth-order valence-electron chi connectivity index (χ4n) is 2.70. The fraction of sp³-hybridized carbons (Fsp3) is 0.625. The molecule has 1 fully saturated rings. The van der Waals surface area contributed by atoms with E-state index in [0.717, 1.165) is 13.0 Å². The normalized spacial score (nSPS) is 17.9. The standard InChI is InChI=1S/C16H24Cl2N2/c1-13(12-20-8-3-4-9-20)19(2)10-7-14-5-6-15(17)16(18)11-14/h5-6,11,13H,3-4,7-10,12H2,1-2H3/t13-/m1/s1. The maximum atomic E-state index is 6.05. The van der Waals surface area contributed by atoms with E-state index in [9.17, 15) is 0 Å². The Balaban J connectivity index is 1.78. The third-order valence-corrected chi connectivity index (χ3v) is 4.95. The van der Waals surface area contributed by atoms with Crippen LogP contribution in [0.25, 0.3) is 0 Å². The van der Waals surface area contributed by atoms with Crippen LogP contribution in [0.2, 0.25) is 10.0 Å². The van der Waals surface area contributed by atoms with Crippen LogP contribution < -0.4 is 0 Å². The fourth-order valence-corrected chi connectivity index (χ4v) is 3.02. The Morgan fingerprint density at radius 1 is 1.20 bits per heavy atom. The molecule has 0 radical (unpaired) electrons. The number of hydrogen-bond donors (Lipinski definition) is 0. The highest BCUT2D eigenvalue weighted by Crippen LogP contribution is 2.23. The third kappa shape index (κ3) is 4.63. The Hall–Kier alpha value is -0.280. The second-order valence-corrected chi connectivity index (χ2v) is 6.65. The average molecular weight is 315 g/mol. The van der Waals surface area contributed by atoms with Crippen LogP contribution in [-0.2, 0) is 6.42 Å². The van der Waals surface area contributed by atoms with Gasteiger partial charge in [-0.2, -0.15) is 0 Å². The Labute approximate surface area is 132 Å². The van der Waals surface area contributed by atoms with E-state index >= 15 is 0 Å². The quantitative estimate of drug-likeness (QED) is 0.784. The van der Waals surface area contributed by atoms with Crippen LogP contribution >= 0.6 is 23.2 Å². The molecule has 112 valence electrons. The van der Waals surface area contributed by atoms with Gasteiger partial charge in [-0.3, -0.25) is 0 Å². The van der Waals surface area contributed by atoms with E-state index in [-0.39, 0.29) is 0 Å². The molecule has 1 aliphatic rings. The summed E-state index contributed by atoms with van der Waals surface area (Å²) in [6, 6.07) is 6.51. The molecule has 1 heterocycles. The van der Waals surface area contributed by atoms with Crippen molar-refractivity contribution in [2.24, 2.45) is 0 Å². The van der Waals surface area contributed by atoms with E-state index in [4.69, 9.17) is 23.2 Å². The van der Waals surface area contributed by atoms with E-state index in [0.29, 0.717) is 16.1 Å². The molecule has 0 spiro atoms. The molecule has 0 saturated carbocycles. The average Bonchev–Trinajstić information content (AvgIpc) is 2.92. The smallest absolute Gasteiger partial charge is 0.0595 e. The number of nitrogens with zero attached hydrogens (tertiary/aromatic N) is 2. The number of halogens is 2. The maximum absolute atomic E-state index is 6.05. The van der Waals surface area contributed by atoms with Crippen molar-refractivity contribution in [2.45, 2.75) is 32.2 Å². The van der Waals surface area contributed by atoms with Gasteiger partial charge in [-0.05, 0) is 64.0 Å². The van der Waals surface area contributed by atoms with Gasteiger partial charge < -0.3 is 9.80 Å². The molecule has 20 heavy (non-hydrogen) atoms. The lowest BCUT2D eigenvalue weighted by Crippen LogP contribution is -2.40. The first-order valence-electron chi connectivity index (χ1n) is 7.43. The molecule has 0 amide bonds. The third-order valence-electron chi connectivity index (χ3n) is 4.21. The van der Waals surface area contributed by atoms with Crippen molar-refractivity contribution in [3.63, 3.8) is 0 Å². The molecule has 0 bridgehead atoms.